The number of ketones is 2. The van der Waals surface area contributed by atoms with Crippen LogP contribution in [0.5, 0.6) is 0 Å². The fourth-order valence-corrected chi connectivity index (χ4v) is 6.33. The molecule has 0 spiro atoms. The molecule has 1 fully saturated rings. The van der Waals surface area contributed by atoms with Crippen LogP contribution in [0.4, 0.5) is 0 Å². The molecule has 0 radical (unpaired) electrons. The monoisotopic (exact) mass is 658 g/mol. The van der Waals surface area contributed by atoms with Crippen molar-refractivity contribution in [3.8, 4) is 0 Å². The SMILES string of the molecule is CN[C@H](CCc1ccccc1)C(=O)N1C[C@H](OCc2ccc(Cl)cc2)C[C@H]1C(=O)C[C@@H](CCCCN)C(=O)c1nc2ccccc2o1. The van der Waals surface area contributed by atoms with Gasteiger partial charge in [-0.2, -0.15) is 0 Å². The lowest BCUT2D eigenvalue weighted by Gasteiger charge is -2.28. The molecule has 1 aliphatic heterocycles. The number of halogens is 1. The molecular weight excluding hydrogens is 616 g/mol. The molecule has 0 unspecified atom stereocenters. The highest BCUT2D eigenvalue weighted by molar-refractivity contribution is 6.30. The van der Waals surface area contributed by atoms with Crippen LogP contribution in [0.2, 0.25) is 5.02 Å². The number of aromatic nitrogens is 1. The summed E-state index contributed by atoms with van der Waals surface area (Å²) in [7, 11) is 1.77. The van der Waals surface area contributed by atoms with Crippen LogP contribution in [0.15, 0.2) is 83.3 Å². The minimum absolute atomic E-state index is 0.00330. The molecule has 248 valence electrons. The van der Waals surface area contributed by atoms with E-state index in [1.165, 1.54) is 0 Å². The molecule has 0 saturated carbocycles. The Labute approximate surface area is 280 Å². The van der Waals surface area contributed by atoms with E-state index in [-0.39, 0.29) is 42.4 Å². The lowest BCUT2D eigenvalue weighted by atomic mass is 9.89. The van der Waals surface area contributed by atoms with E-state index in [4.69, 9.17) is 26.5 Å². The quantitative estimate of drug-likeness (QED) is 0.108. The van der Waals surface area contributed by atoms with Crippen LogP contribution in [-0.4, -0.2) is 65.7 Å². The number of fused-ring (bicyclic) bond motifs is 1. The standard InChI is InChI=1S/C37H43ClN4O5/c1-40-31(19-16-25-9-3-2-4-10-25)37(45)42-23-29(46-24-26-14-17-28(38)18-15-26)22-32(42)33(43)21-27(11-7-8-20-39)35(44)36-41-30-12-5-6-13-34(30)47-36/h2-6,9-10,12-15,17-18,27,29,31-32,40H,7-8,11,16,19-24,39H2,1H3/t27-,29-,31-,32+/m1/s1. The van der Waals surface area contributed by atoms with Crippen molar-refractivity contribution in [1.82, 2.24) is 15.2 Å². The maximum atomic E-state index is 14.1. The number of amides is 1. The van der Waals surface area contributed by atoms with E-state index in [0.717, 1.165) is 17.5 Å². The molecule has 10 heteroatoms. The van der Waals surface area contributed by atoms with E-state index >= 15 is 0 Å². The van der Waals surface area contributed by atoms with Gasteiger partial charge in [-0.1, -0.05) is 72.6 Å². The second-order valence-electron chi connectivity index (χ2n) is 12.2. The van der Waals surface area contributed by atoms with Crippen molar-refractivity contribution in [2.24, 2.45) is 11.7 Å². The number of oxazole rings is 1. The molecule has 1 amide bonds. The fraction of sp³-hybridized carbons (Fsp3) is 0.405. The van der Waals surface area contributed by atoms with E-state index in [1.807, 2.05) is 54.6 Å². The number of nitrogens with one attached hydrogen (secondary N) is 1. The van der Waals surface area contributed by atoms with E-state index in [9.17, 15) is 14.4 Å². The number of nitrogens with zero attached hydrogens (tertiary/aromatic N) is 2. The number of ether oxygens (including phenoxy) is 1. The molecular formula is C37H43ClN4O5. The summed E-state index contributed by atoms with van der Waals surface area (Å²) in [5.41, 5.74) is 8.94. The zero-order valence-electron chi connectivity index (χ0n) is 26.8. The molecule has 1 saturated heterocycles. The predicted molar refractivity (Wildman–Crippen MR) is 182 cm³/mol. The van der Waals surface area contributed by atoms with Crippen molar-refractivity contribution in [3.05, 3.63) is 101 Å². The molecule has 0 aliphatic carbocycles. The smallest absolute Gasteiger partial charge is 0.264 e. The molecule has 0 bridgehead atoms. The molecule has 4 atom stereocenters. The van der Waals surface area contributed by atoms with Crippen LogP contribution >= 0.6 is 11.6 Å². The van der Waals surface area contributed by atoms with Gasteiger partial charge in [-0.3, -0.25) is 14.4 Å². The van der Waals surface area contributed by atoms with Crippen molar-refractivity contribution in [2.45, 2.75) is 69.7 Å². The molecule has 2 heterocycles. The van der Waals surface area contributed by atoms with Gasteiger partial charge in [0, 0.05) is 30.3 Å². The number of hydrogen-bond donors (Lipinski definition) is 2. The zero-order valence-corrected chi connectivity index (χ0v) is 27.5. The van der Waals surface area contributed by atoms with Crippen LogP contribution < -0.4 is 11.1 Å². The maximum Gasteiger partial charge on any atom is 0.264 e. The van der Waals surface area contributed by atoms with Crippen LogP contribution in [0.1, 0.15) is 60.3 Å². The first kappa shape index (κ1) is 34.4. The average molecular weight is 659 g/mol. The number of hydrogen-bond acceptors (Lipinski definition) is 8. The Morgan fingerprint density at radius 3 is 2.47 bits per heavy atom. The third kappa shape index (κ3) is 9.14. The second kappa shape index (κ2) is 16.8. The summed E-state index contributed by atoms with van der Waals surface area (Å²) in [4.78, 5) is 48.0. The van der Waals surface area contributed by atoms with E-state index in [1.54, 1.807) is 36.2 Å². The van der Waals surface area contributed by atoms with Crippen molar-refractivity contribution < 1.29 is 23.5 Å². The maximum absolute atomic E-state index is 14.1. The first-order valence-corrected chi connectivity index (χ1v) is 16.7. The van der Waals surface area contributed by atoms with E-state index < -0.39 is 18.0 Å². The van der Waals surface area contributed by atoms with Gasteiger partial charge < -0.3 is 25.1 Å². The third-order valence-electron chi connectivity index (χ3n) is 8.86. The first-order chi connectivity index (χ1) is 22.9. The Bertz CT molecular complexity index is 1590. The van der Waals surface area contributed by atoms with E-state index in [0.29, 0.717) is 61.4 Å². The number of para-hydroxylation sites is 2. The summed E-state index contributed by atoms with van der Waals surface area (Å²) in [5.74, 6) is -1.28. The number of nitrogens with two attached hydrogens (primary N) is 1. The molecule has 1 aliphatic rings. The number of Topliss-reactive ketones (excluding diaryl/α,β-unsaturated/α-hetero) is 2. The molecule has 1 aromatic heterocycles. The van der Waals surface area contributed by atoms with Gasteiger partial charge in [-0.05, 0) is 74.7 Å². The Hall–Kier alpha value is -3.89. The van der Waals surface area contributed by atoms with Gasteiger partial charge in [0.25, 0.3) is 5.89 Å². The third-order valence-corrected chi connectivity index (χ3v) is 9.11. The van der Waals surface area contributed by atoms with Crippen molar-refractivity contribution in [3.63, 3.8) is 0 Å². The van der Waals surface area contributed by atoms with Gasteiger partial charge in [-0.25, -0.2) is 4.98 Å². The Kier molecular flexibility index (Phi) is 12.3. The predicted octanol–water partition coefficient (Wildman–Crippen LogP) is 5.78. The van der Waals surface area contributed by atoms with Crippen molar-refractivity contribution >= 4 is 40.2 Å². The van der Waals surface area contributed by atoms with Crippen LogP contribution in [0.25, 0.3) is 11.1 Å². The summed E-state index contributed by atoms with van der Waals surface area (Å²) in [6.45, 7) is 1.10. The van der Waals surface area contributed by atoms with Gasteiger partial charge in [0.2, 0.25) is 11.7 Å². The number of carbonyl (C=O) groups excluding carboxylic acids is 3. The van der Waals surface area contributed by atoms with Gasteiger partial charge in [0.15, 0.2) is 11.4 Å². The number of unbranched alkanes of at least 4 members (excludes halogenated alkanes) is 1. The number of aryl methyl sites for hydroxylation is 1. The zero-order chi connectivity index (χ0) is 33.2. The lowest BCUT2D eigenvalue weighted by molar-refractivity contribution is -0.139. The van der Waals surface area contributed by atoms with Crippen LogP contribution in [0.3, 0.4) is 0 Å². The number of carbonyl (C=O) groups is 3. The second-order valence-corrected chi connectivity index (χ2v) is 12.6. The number of benzene rings is 3. The summed E-state index contributed by atoms with van der Waals surface area (Å²) in [6.07, 6.45) is 3.13. The van der Waals surface area contributed by atoms with E-state index in [2.05, 4.69) is 10.3 Å². The van der Waals surface area contributed by atoms with Crippen LogP contribution in [0, 0.1) is 5.92 Å². The lowest BCUT2D eigenvalue weighted by Crippen LogP contribution is -2.50. The van der Waals surface area contributed by atoms with Crippen LogP contribution in [-0.2, 0) is 27.4 Å². The fourth-order valence-electron chi connectivity index (χ4n) is 6.20. The Balaban J connectivity index is 1.34. The van der Waals surface area contributed by atoms with Crippen molar-refractivity contribution in [2.75, 3.05) is 20.1 Å². The number of rotatable bonds is 17. The molecule has 4 aromatic rings. The van der Waals surface area contributed by atoms with Gasteiger partial charge in [-0.15, -0.1) is 0 Å². The summed E-state index contributed by atoms with van der Waals surface area (Å²) < 4.78 is 12.0. The average Bonchev–Trinajstić information content (AvgIpc) is 3.73. The molecule has 9 nitrogen and oxygen atoms in total. The largest absolute Gasteiger partial charge is 0.434 e. The highest BCUT2D eigenvalue weighted by Crippen LogP contribution is 2.29. The minimum atomic E-state index is -0.723. The molecule has 47 heavy (non-hydrogen) atoms. The molecule has 3 aromatic carbocycles. The normalized spacial score (nSPS) is 17.6. The molecule has 3 N–H and O–H groups in total. The van der Waals surface area contributed by atoms with Gasteiger partial charge >= 0.3 is 0 Å². The Morgan fingerprint density at radius 1 is 1.00 bits per heavy atom. The van der Waals surface area contributed by atoms with Crippen molar-refractivity contribution in [1.29, 1.82) is 0 Å². The van der Waals surface area contributed by atoms with Gasteiger partial charge in [0.05, 0.1) is 24.8 Å². The number of likely N-dealkylation sites (N-methyl/N-ethyl adjacent to an activating group) is 1. The first-order valence-electron chi connectivity index (χ1n) is 16.4. The summed E-state index contributed by atoms with van der Waals surface area (Å²) >= 11 is 6.05. The summed E-state index contributed by atoms with van der Waals surface area (Å²) in [5, 5.41) is 3.81. The van der Waals surface area contributed by atoms with Gasteiger partial charge in [0.1, 0.15) is 5.52 Å². The highest BCUT2D eigenvalue weighted by Gasteiger charge is 2.43. The highest BCUT2D eigenvalue weighted by atomic mass is 35.5. The molecule has 5 rings (SSSR count). The number of likely N-dealkylation sites (tertiary alicyclic amines) is 1. The summed E-state index contributed by atoms with van der Waals surface area (Å²) in [6, 6.07) is 23.4. The topological polar surface area (TPSA) is 128 Å². The minimum Gasteiger partial charge on any atom is -0.434 e. The Morgan fingerprint density at radius 2 is 1.74 bits per heavy atom.